The second-order valence-corrected chi connectivity index (χ2v) is 5.41. The number of likely N-dealkylation sites (N-methyl/N-ethyl adjacent to an activating group) is 1. The van der Waals surface area contributed by atoms with Crippen LogP contribution in [0.1, 0.15) is 19.8 Å². The lowest BCUT2D eigenvalue weighted by molar-refractivity contribution is -0.151. The second-order valence-electron chi connectivity index (χ2n) is 5.41. The topological polar surface area (TPSA) is 69.6 Å². The number of piperazine rings is 1. The van der Waals surface area contributed by atoms with Crippen LogP contribution in [0.25, 0.3) is 0 Å². The van der Waals surface area contributed by atoms with E-state index in [1.165, 1.54) is 4.90 Å². The van der Waals surface area contributed by atoms with Gasteiger partial charge in [0, 0.05) is 52.2 Å². The molecule has 0 aromatic carbocycles. The summed E-state index contributed by atoms with van der Waals surface area (Å²) in [4.78, 5) is 37.9. The predicted octanol–water partition coefficient (Wildman–Crippen LogP) is 0.384. The van der Waals surface area contributed by atoms with Gasteiger partial charge >= 0.3 is 11.8 Å². The van der Waals surface area contributed by atoms with Crippen molar-refractivity contribution < 1.29 is 9.59 Å². The van der Waals surface area contributed by atoms with Gasteiger partial charge in [0.05, 0.1) is 0 Å². The third kappa shape index (κ3) is 3.93. The fraction of sp³-hybridized carbons (Fsp3) is 0.600. The summed E-state index contributed by atoms with van der Waals surface area (Å²) in [5.41, 5.74) is 0. The molecule has 0 aliphatic carbocycles. The Labute approximate surface area is 130 Å². The molecule has 2 heterocycles. The van der Waals surface area contributed by atoms with Crippen molar-refractivity contribution in [2.24, 2.45) is 0 Å². The SMILES string of the molecule is CCCCN(C)C(=O)C(=O)N1CCN(c2ncccn2)CC1. The van der Waals surface area contributed by atoms with Crippen LogP contribution in [0.2, 0.25) is 0 Å². The Morgan fingerprint density at radius 1 is 1.18 bits per heavy atom. The predicted molar refractivity (Wildman–Crippen MR) is 83.4 cm³/mol. The minimum Gasteiger partial charge on any atom is -0.338 e. The minimum atomic E-state index is -0.419. The molecule has 0 saturated carbocycles. The molecule has 1 aliphatic heterocycles. The molecule has 0 spiro atoms. The highest BCUT2D eigenvalue weighted by atomic mass is 16.2. The average molecular weight is 305 g/mol. The van der Waals surface area contributed by atoms with Crippen LogP contribution in [0, 0.1) is 0 Å². The van der Waals surface area contributed by atoms with Gasteiger partial charge < -0.3 is 14.7 Å². The number of rotatable bonds is 4. The van der Waals surface area contributed by atoms with E-state index >= 15 is 0 Å². The maximum Gasteiger partial charge on any atom is 0.312 e. The van der Waals surface area contributed by atoms with Crippen LogP contribution < -0.4 is 4.90 Å². The Hall–Kier alpha value is -2.18. The highest BCUT2D eigenvalue weighted by Crippen LogP contribution is 2.10. The number of carbonyl (C=O) groups excluding carboxylic acids is 2. The molecule has 7 nitrogen and oxygen atoms in total. The molecule has 0 bridgehead atoms. The van der Waals surface area contributed by atoms with Gasteiger partial charge in [-0.25, -0.2) is 9.97 Å². The van der Waals surface area contributed by atoms with E-state index in [0.29, 0.717) is 38.7 Å². The molecule has 7 heteroatoms. The molecule has 22 heavy (non-hydrogen) atoms. The van der Waals surface area contributed by atoms with Gasteiger partial charge in [-0.2, -0.15) is 0 Å². The summed E-state index contributed by atoms with van der Waals surface area (Å²) in [6.07, 6.45) is 5.31. The molecule has 1 fully saturated rings. The first kappa shape index (κ1) is 16.2. The number of aromatic nitrogens is 2. The highest BCUT2D eigenvalue weighted by Gasteiger charge is 2.28. The minimum absolute atomic E-state index is 0.410. The molecule has 0 radical (unpaired) electrons. The second kappa shape index (κ2) is 7.72. The number of anilines is 1. The largest absolute Gasteiger partial charge is 0.338 e. The Kier molecular flexibility index (Phi) is 5.68. The van der Waals surface area contributed by atoms with E-state index in [4.69, 9.17) is 0 Å². The summed E-state index contributed by atoms with van der Waals surface area (Å²) < 4.78 is 0. The van der Waals surface area contributed by atoms with E-state index < -0.39 is 11.8 Å². The van der Waals surface area contributed by atoms with E-state index in [1.54, 1.807) is 30.4 Å². The lowest BCUT2D eigenvalue weighted by Crippen LogP contribution is -2.53. The number of unbranched alkanes of at least 4 members (excludes halogenated alkanes) is 1. The van der Waals surface area contributed by atoms with Crippen LogP contribution in [0.4, 0.5) is 5.95 Å². The fourth-order valence-corrected chi connectivity index (χ4v) is 2.36. The Bertz CT molecular complexity index is 500. The number of hydrogen-bond donors (Lipinski definition) is 0. The molecular weight excluding hydrogens is 282 g/mol. The van der Waals surface area contributed by atoms with Crippen molar-refractivity contribution in [2.45, 2.75) is 19.8 Å². The number of carbonyl (C=O) groups is 2. The van der Waals surface area contributed by atoms with Crippen LogP contribution in [-0.4, -0.2) is 71.4 Å². The first-order valence-corrected chi connectivity index (χ1v) is 7.69. The van der Waals surface area contributed by atoms with Gasteiger partial charge in [-0.05, 0) is 12.5 Å². The Morgan fingerprint density at radius 3 is 2.41 bits per heavy atom. The first-order valence-electron chi connectivity index (χ1n) is 7.69. The highest BCUT2D eigenvalue weighted by molar-refractivity contribution is 6.34. The molecule has 1 aromatic heterocycles. The van der Waals surface area contributed by atoms with E-state index in [9.17, 15) is 9.59 Å². The van der Waals surface area contributed by atoms with Crippen molar-refractivity contribution in [3.05, 3.63) is 18.5 Å². The molecule has 0 unspecified atom stereocenters. The summed E-state index contributed by atoms with van der Waals surface area (Å²) in [5.74, 6) is -0.161. The summed E-state index contributed by atoms with van der Waals surface area (Å²) in [6.45, 7) is 5.00. The summed E-state index contributed by atoms with van der Waals surface area (Å²) in [7, 11) is 1.68. The molecule has 120 valence electrons. The van der Waals surface area contributed by atoms with Crippen molar-refractivity contribution in [3.8, 4) is 0 Å². The summed E-state index contributed by atoms with van der Waals surface area (Å²) in [6, 6.07) is 1.77. The Morgan fingerprint density at radius 2 is 1.82 bits per heavy atom. The first-order chi connectivity index (χ1) is 10.6. The lowest BCUT2D eigenvalue weighted by Gasteiger charge is -2.34. The van der Waals surface area contributed by atoms with E-state index in [-0.39, 0.29) is 0 Å². The van der Waals surface area contributed by atoms with Crippen LogP contribution in [0.3, 0.4) is 0 Å². The molecular formula is C15H23N5O2. The van der Waals surface area contributed by atoms with Gasteiger partial charge in [0.2, 0.25) is 5.95 Å². The summed E-state index contributed by atoms with van der Waals surface area (Å²) >= 11 is 0. The van der Waals surface area contributed by atoms with Crippen LogP contribution in [0.15, 0.2) is 18.5 Å². The molecule has 2 rings (SSSR count). The average Bonchev–Trinajstić information content (AvgIpc) is 2.59. The summed E-state index contributed by atoms with van der Waals surface area (Å²) in [5, 5.41) is 0. The third-order valence-electron chi connectivity index (χ3n) is 3.78. The molecule has 1 saturated heterocycles. The number of hydrogen-bond acceptors (Lipinski definition) is 5. The number of nitrogens with zero attached hydrogens (tertiary/aromatic N) is 5. The maximum absolute atomic E-state index is 12.2. The van der Waals surface area contributed by atoms with E-state index in [0.717, 1.165) is 12.8 Å². The zero-order chi connectivity index (χ0) is 15.9. The normalized spacial score (nSPS) is 14.8. The standard InChI is InChI=1S/C15H23N5O2/c1-3-4-8-18(2)13(21)14(22)19-9-11-20(12-10-19)15-16-6-5-7-17-15/h5-7H,3-4,8-12H2,1-2H3. The van der Waals surface area contributed by atoms with Crippen molar-refractivity contribution in [1.82, 2.24) is 19.8 Å². The van der Waals surface area contributed by atoms with Crippen LogP contribution in [-0.2, 0) is 9.59 Å². The van der Waals surface area contributed by atoms with E-state index in [2.05, 4.69) is 16.9 Å². The van der Waals surface area contributed by atoms with Crippen molar-refractivity contribution >= 4 is 17.8 Å². The van der Waals surface area contributed by atoms with Gasteiger partial charge in [-0.15, -0.1) is 0 Å². The fourth-order valence-electron chi connectivity index (χ4n) is 2.36. The van der Waals surface area contributed by atoms with Gasteiger partial charge in [0.15, 0.2) is 0 Å². The van der Waals surface area contributed by atoms with Gasteiger partial charge in [0.25, 0.3) is 0 Å². The van der Waals surface area contributed by atoms with Gasteiger partial charge in [-0.1, -0.05) is 13.3 Å². The zero-order valence-electron chi connectivity index (χ0n) is 13.2. The smallest absolute Gasteiger partial charge is 0.312 e. The molecule has 0 atom stereocenters. The maximum atomic E-state index is 12.2. The number of amides is 2. The third-order valence-corrected chi connectivity index (χ3v) is 3.78. The van der Waals surface area contributed by atoms with Crippen LogP contribution in [0.5, 0.6) is 0 Å². The molecule has 0 N–H and O–H groups in total. The van der Waals surface area contributed by atoms with Crippen LogP contribution >= 0.6 is 0 Å². The molecule has 2 amide bonds. The van der Waals surface area contributed by atoms with E-state index in [1.807, 2.05) is 4.90 Å². The van der Waals surface area contributed by atoms with Crippen molar-refractivity contribution in [2.75, 3.05) is 44.7 Å². The van der Waals surface area contributed by atoms with Crippen molar-refractivity contribution in [3.63, 3.8) is 0 Å². The zero-order valence-corrected chi connectivity index (χ0v) is 13.2. The molecule has 1 aliphatic rings. The lowest BCUT2D eigenvalue weighted by atomic mass is 10.3. The monoisotopic (exact) mass is 305 g/mol. The van der Waals surface area contributed by atoms with Gasteiger partial charge in [0.1, 0.15) is 0 Å². The quantitative estimate of drug-likeness (QED) is 0.752. The van der Waals surface area contributed by atoms with Crippen molar-refractivity contribution in [1.29, 1.82) is 0 Å². The Balaban J connectivity index is 1.86. The molecule has 1 aromatic rings. The van der Waals surface area contributed by atoms with Gasteiger partial charge in [-0.3, -0.25) is 9.59 Å².